The zero-order chi connectivity index (χ0) is 16.7. The van der Waals surface area contributed by atoms with Crippen molar-refractivity contribution in [3.05, 3.63) is 0 Å². The third-order valence-electron chi connectivity index (χ3n) is 1.82. The molecule has 0 fully saturated rings. The van der Waals surface area contributed by atoms with Crippen LogP contribution in [0.25, 0.3) is 0 Å². The molecule has 0 rings (SSSR count). The lowest BCUT2D eigenvalue weighted by Gasteiger charge is -2.29. The minimum Gasteiger partial charge on any atom is -0.230 e. The van der Waals surface area contributed by atoms with Gasteiger partial charge in [-0.05, 0) is 0 Å². The SMILES string of the molecule is FC(C(F)(F)F)C(F)(F)C(=S)C(F)(F)C(F)C(F)(F)F. The van der Waals surface area contributed by atoms with Gasteiger partial charge in [0.2, 0.25) is 0 Å². The Morgan fingerprint density at radius 3 is 0.950 bits per heavy atom. The highest BCUT2D eigenvalue weighted by atomic mass is 32.1. The Bertz CT molecular complexity index is 331. The molecule has 0 N–H and O–H groups in total. The number of rotatable bonds is 4. The Balaban J connectivity index is 5.54. The Morgan fingerprint density at radius 2 is 0.800 bits per heavy atom. The summed E-state index contributed by atoms with van der Waals surface area (Å²) in [7, 11) is 0. The van der Waals surface area contributed by atoms with Gasteiger partial charge in [0, 0.05) is 0 Å². The third-order valence-corrected chi connectivity index (χ3v) is 2.36. The quantitative estimate of drug-likeness (QED) is 0.536. The van der Waals surface area contributed by atoms with Crippen LogP contribution in [0.3, 0.4) is 0 Å². The van der Waals surface area contributed by atoms with Crippen molar-refractivity contribution in [2.75, 3.05) is 0 Å². The van der Waals surface area contributed by atoms with Crippen molar-refractivity contribution in [1.29, 1.82) is 0 Å². The van der Waals surface area contributed by atoms with E-state index in [1.165, 1.54) is 0 Å². The summed E-state index contributed by atoms with van der Waals surface area (Å²) < 4.78 is 145. The van der Waals surface area contributed by atoms with E-state index in [1.54, 1.807) is 0 Å². The number of hydrogen-bond donors (Lipinski definition) is 0. The molecule has 0 spiro atoms. The van der Waals surface area contributed by atoms with Crippen LogP contribution >= 0.6 is 12.2 Å². The molecule has 0 aromatic rings. The van der Waals surface area contributed by atoms with Gasteiger partial charge >= 0.3 is 24.2 Å². The summed E-state index contributed by atoms with van der Waals surface area (Å²) in [6.07, 6.45) is -23.4. The minimum atomic E-state index is -6.38. The van der Waals surface area contributed by atoms with Crippen LogP contribution in [0.1, 0.15) is 0 Å². The van der Waals surface area contributed by atoms with Crippen LogP contribution in [0.15, 0.2) is 0 Å². The fourth-order valence-electron chi connectivity index (χ4n) is 0.863. The first-order valence-electron chi connectivity index (χ1n) is 4.19. The van der Waals surface area contributed by atoms with Gasteiger partial charge in [0.25, 0.3) is 12.3 Å². The lowest BCUT2D eigenvalue weighted by atomic mass is 10.0. The normalized spacial score (nSPS) is 17.8. The lowest BCUT2D eigenvalue weighted by Crippen LogP contribution is -2.57. The molecule has 13 heteroatoms. The predicted octanol–water partition coefficient (Wildman–Crippen LogP) is 4.43. The molecule has 2 atom stereocenters. The number of alkyl halides is 12. The second-order valence-corrected chi connectivity index (χ2v) is 3.79. The lowest BCUT2D eigenvalue weighted by molar-refractivity contribution is -0.240. The molecule has 0 aromatic heterocycles. The summed E-state index contributed by atoms with van der Waals surface area (Å²) in [5, 5.41) is 0. The molecule has 0 amide bonds. The van der Waals surface area contributed by atoms with Crippen LogP contribution < -0.4 is 0 Å². The van der Waals surface area contributed by atoms with Crippen molar-refractivity contribution in [3.8, 4) is 0 Å². The van der Waals surface area contributed by atoms with E-state index in [0.29, 0.717) is 0 Å². The maximum atomic E-state index is 12.7. The minimum absolute atomic E-state index is 3.04. The average Bonchev–Trinajstić information content (AvgIpc) is 2.23. The van der Waals surface area contributed by atoms with Crippen LogP contribution in [0.2, 0.25) is 0 Å². The van der Waals surface area contributed by atoms with Crippen LogP contribution in [-0.2, 0) is 0 Å². The molecule has 0 saturated heterocycles. The fraction of sp³-hybridized carbons (Fsp3) is 0.857. The molecule has 0 nitrogen and oxygen atoms in total. The largest absolute Gasteiger partial charge is 0.426 e. The Hall–Kier alpha value is -0.750. The summed E-state index contributed by atoms with van der Waals surface area (Å²) in [5.74, 6) is -12.4. The third kappa shape index (κ3) is 3.67. The smallest absolute Gasteiger partial charge is 0.230 e. The van der Waals surface area contributed by atoms with E-state index in [0.717, 1.165) is 0 Å². The van der Waals surface area contributed by atoms with E-state index in [4.69, 9.17) is 0 Å². The molecule has 2 unspecified atom stereocenters. The van der Waals surface area contributed by atoms with Crippen LogP contribution in [0.4, 0.5) is 52.7 Å². The Morgan fingerprint density at radius 1 is 0.600 bits per heavy atom. The van der Waals surface area contributed by atoms with Crippen molar-refractivity contribution in [2.24, 2.45) is 0 Å². The molecular weight excluding hydrogens is 344 g/mol. The molecule has 0 saturated carbocycles. The van der Waals surface area contributed by atoms with Gasteiger partial charge in [-0.15, -0.1) is 0 Å². The van der Waals surface area contributed by atoms with Gasteiger partial charge in [0.1, 0.15) is 4.86 Å². The van der Waals surface area contributed by atoms with Crippen LogP contribution in [0.5, 0.6) is 0 Å². The summed E-state index contributed by atoms with van der Waals surface area (Å²) in [6, 6.07) is 0. The molecule has 0 aliphatic rings. The molecule has 0 heterocycles. The highest BCUT2D eigenvalue weighted by molar-refractivity contribution is 7.80. The van der Waals surface area contributed by atoms with Crippen molar-refractivity contribution >= 4 is 17.1 Å². The van der Waals surface area contributed by atoms with Gasteiger partial charge in [-0.25, -0.2) is 8.78 Å². The number of hydrogen-bond acceptors (Lipinski definition) is 1. The first-order valence-corrected chi connectivity index (χ1v) is 4.59. The van der Waals surface area contributed by atoms with E-state index in [2.05, 4.69) is 12.2 Å². The highest BCUT2D eigenvalue weighted by Crippen LogP contribution is 2.44. The maximum absolute atomic E-state index is 12.7. The van der Waals surface area contributed by atoms with Crippen molar-refractivity contribution in [2.45, 2.75) is 36.5 Å². The van der Waals surface area contributed by atoms with E-state index < -0.39 is 41.4 Å². The summed E-state index contributed by atoms with van der Waals surface area (Å²) in [5.41, 5.74) is 0. The zero-order valence-electron chi connectivity index (χ0n) is 8.60. The predicted molar refractivity (Wildman–Crippen MR) is 44.4 cm³/mol. The topological polar surface area (TPSA) is 0 Å². The second kappa shape index (κ2) is 5.22. The first kappa shape index (κ1) is 19.2. The van der Waals surface area contributed by atoms with Crippen LogP contribution in [0, 0.1) is 0 Å². The highest BCUT2D eigenvalue weighted by Gasteiger charge is 2.69. The molecule has 0 aliphatic carbocycles. The van der Waals surface area contributed by atoms with Gasteiger partial charge in [-0.1, -0.05) is 12.2 Å². The Labute approximate surface area is 107 Å². The van der Waals surface area contributed by atoms with Crippen LogP contribution in [-0.4, -0.2) is 41.4 Å². The van der Waals surface area contributed by atoms with E-state index in [1.807, 2.05) is 0 Å². The van der Waals surface area contributed by atoms with E-state index in [-0.39, 0.29) is 0 Å². The fourth-order valence-corrected chi connectivity index (χ4v) is 1.07. The van der Waals surface area contributed by atoms with E-state index >= 15 is 0 Å². The standard InChI is InChI=1S/C7H2F12S/c8-1(6(14,15)16)4(10,11)3(20)5(12,13)2(9)7(17,18)19/h1-2H. The van der Waals surface area contributed by atoms with Gasteiger partial charge in [0.15, 0.2) is 0 Å². The zero-order valence-corrected chi connectivity index (χ0v) is 9.42. The van der Waals surface area contributed by atoms with Gasteiger partial charge in [0.05, 0.1) is 0 Å². The van der Waals surface area contributed by atoms with Crippen molar-refractivity contribution in [3.63, 3.8) is 0 Å². The first-order chi connectivity index (χ1) is 8.46. The summed E-state index contributed by atoms with van der Waals surface area (Å²) >= 11 is 3.04. The average molecular weight is 346 g/mol. The molecule has 0 bridgehead atoms. The molecular formula is C7H2F12S. The van der Waals surface area contributed by atoms with Gasteiger partial charge in [-0.2, -0.15) is 43.9 Å². The summed E-state index contributed by atoms with van der Waals surface area (Å²) in [4.78, 5) is -3.63. The monoisotopic (exact) mass is 346 g/mol. The Kier molecular flexibility index (Phi) is 5.03. The van der Waals surface area contributed by atoms with Crippen molar-refractivity contribution < 1.29 is 52.7 Å². The van der Waals surface area contributed by atoms with Gasteiger partial charge in [-0.3, -0.25) is 0 Å². The summed E-state index contributed by atoms with van der Waals surface area (Å²) in [6.45, 7) is 0. The van der Waals surface area contributed by atoms with Gasteiger partial charge < -0.3 is 0 Å². The number of halogens is 12. The molecule has 0 radical (unpaired) electrons. The molecule has 20 heavy (non-hydrogen) atoms. The molecule has 120 valence electrons. The van der Waals surface area contributed by atoms with Crippen molar-refractivity contribution in [1.82, 2.24) is 0 Å². The second-order valence-electron chi connectivity index (χ2n) is 3.38. The molecule has 0 aliphatic heterocycles. The maximum Gasteiger partial charge on any atom is 0.426 e. The number of thiocarbonyl (C=S) groups is 1. The molecule has 0 aromatic carbocycles. The van der Waals surface area contributed by atoms with E-state index in [9.17, 15) is 52.7 Å².